The number of carbonyl (C=O) groups excluding carboxylic acids is 1. The van der Waals surface area contributed by atoms with E-state index < -0.39 is 0 Å². The molecular weight excluding hydrogens is 254 g/mol. The van der Waals surface area contributed by atoms with Gasteiger partial charge in [-0.15, -0.1) is 0 Å². The molecule has 0 unspecified atom stereocenters. The summed E-state index contributed by atoms with van der Waals surface area (Å²) in [6.45, 7) is 1.73. The number of nitrogens with zero attached hydrogens (tertiary/aromatic N) is 2. The van der Waals surface area contributed by atoms with Crippen molar-refractivity contribution in [3.8, 4) is 0 Å². The first-order valence-corrected chi connectivity index (χ1v) is 6.23. The van der Waals surface area contributed by atoms with Gasteiger partial charge in [-0.05, 0) is 30.7 Å². The number of benzene rings is 1. The molecule has 0 fully saturated rings. The molecule has 2 aromatic rings. The summed E-state index contributed by atoms with van der Waals surface area (Å²) < 4.78 is 5.07. The van der Waals surface area contributed by atoms with Crippen molar-refractivity contribution >= 4 is 17.8 Å². The molecule has 2 rings (SSSR count). The fourth-order valence-corrected chi connectivity index (χ4v) is 1.70. The minimum atomic E-state index is -0.280. The molecule has 5 heteroatoms. The highest BCUT2D eigenvalue weighted by molar-refractivity contribution is 5.95. The van der Waals surface area contributed by atoms with E-state index in [1.807, 2.05) is 43.3 Å². The van der Waals surface area contributed by atoms with Gasteiger partial charge in [-0.25, -0.2) is 5.43 Å². The summed E-state index contributed by atoms with van der Waals surface area (Å²) in [5.41, 5.74) is 4.99. The zero-order chi connectivity index (χ0) is 14.5. The SMILES string of the molecule is Cc1occc1C(=O)N/N=C\c1ccc(N(C)C)cc1. The number of nitrogens with one attached hydrogen (secondary N) is 1. The minimum absolute atomic E-state index is 0.280. The van der Waals surface area contributed by atoms with E-state index in [2.05, 4.69) is 10.5 Å². The third-order valence-electron chi connectivity index (χ3n) is 2.89. The summed E-state index contributed by atoms with van der Waals surface area (Å²) >= 11 is 0. The highest BCUT2D eigenvalue weighted by atomic mass is 16.3. The Morgan fingerprint density at radius 1 is 1.25 bits per heavy atom. The van der Waals surface area contributed by atoms with Crippen molar-refractivity contribution in [3.05, 3.63) is 53.5 Å². The first-order chi connectivity index (χ1) is 9.58. The molecule has 1 aromatic carbocycles. The zero-order valence-corrected chi connectivity index (χ0v) is 11.8. The molecule has 1 N–H and O–H groups in total. The average Bonchev–Trinajstić information content (AvgIpc) is 2.85. The normalized spacial score (nSPS) is 10.8. The van der Waals surface area contributed by atoms with Crippen molar-refractivity contribution in [2.24, 2.45) is 5.10 Å². The van der Waals surface area contributed by atoms with Crippen LogP contribution in [0, 0.1) is 6.92 Å². The third kappa shape index (κ3) is 3.26. The second kappa shape index (κ2) is 6.06. The lowest BCUT2D eigenvalue weighted by Gasteiger charge is -2.11. The Kier molecular flexibility index (Phi) is 4.20. The average molecular weight is 271 g/mol. The Bertz CT molecular complexity index is 612. The van der Waals surface area contributed by atoms with Gasteiger partial charge >= 0.3 is 0 Å². The monoisotopic (exact) mass is 271 g/mol. The fourth-order valence-electron chi connectivity index (χ4n) is 1.70. The van der Waals surface area contributed by atoms with Crippen LogP contribution in [-0.4, -0.2) is 26.2 Å². The molecule has 20 heavy (non-hydrogen) atoms. The van der Waals surface area contributed by atoms with Crippen molar-refractivity contribution in [1.29, 1.82) is 0 Å². The molecule has 0 saturated carbocycles. The molecule has 0 spiro atoms. The van der Waals surface area contributed by atoms with Gasteiger partial charge in [0, 0.05) is 19.8 Å². The van der Waals surface area contributed by atoms with E-state index in [1.165, 1.54) is 6.26 Å². The summed E-state index contributed by atoms with van der Waals surface area (Å²) in [7, 11) is 3.97. The Morgan fingerprint density at radius 2 is 1.95 bits per heavy atom. The van der Waals surface area contributed by atoms with Crippen molar-refractivity contribution in [3.63, 3.8) is 0 Å². The smallest absolute Gasteiger partial charge is 0.274 e. The number of rotatable bonds is 4. The van der Waals surface area contributed by atoms with Gasteiger partial charge < -0.3 is 9.32 Å². The van der Waals surface area contributed by atoms with Gasteiger partial charge in [0.25, 0.3) is 5.91 Å². The van der Waals surface area contributed by atoms with Gasteiger partial charge in [-0.1, -0.05) is 12.1 Å². The Hall–Kier alpha value is -2.56. The summed E-state index contributed by atoms with van der Waals surface area (Å²) in [5, 5.41) is 3.93. The predicted octanol–water partition coefficient (Wildman–Crippen LogP) is 2.42. The highest BCUT2D eigenvalue weighted by Gasteiger charge is 2.09. The lowest BCUT2D eigenvalue weighted by molar-refractivity contribution is 0.0953. The van der Waals surface area contributed by atoms with Crippen molar-refractivity contribution in [2.45, 2.75) is 6.92 Å². The van der Waals surface area contributed by atoms with Crippen molar-refractivity contribution in [1.82, 2.24) is 5.43 Å². The van der Waals surface area contributed by atoms with Gasteiger partial charge in [0.15, 0.2) is 0 Å². The molecule has 0 saturated heterocycles. The topological polar surface area (TPSA) is 57.8 Å². The van der Waals surface area contributed by atoms with Crippen LogP contribution in [0.5, 0.6) is 0 Å². The first-order valence-electron chi connectivity index (χ1n) is 6.23. The highest BCUT2D eigenvalue weighted by Crippen LogP contribution is 2.11. The number of hydrogen-bond donors (Lipinski definition) is 1. The molecule has 0 aliphatic heterocycles. The van der Waals surface area contributed by atoms with Crippen LogP contribution in [0.25, 0.3) is 0 Å². The van der Waals surface area contributed by atoms with Crippen molar-refractivity contribution in [2.75, 3.05) is 19.0 Å². The largest absolute Gasteiger partial charge is 0.469 e. The summed E-state index contributed by atoms with van der Waals surface area (Å²) in [6, 6.07) is 9.47. The molecule has 0 radical (unpaired) electrons. The molecule has 0 aliphatic rings. The summed E-state index contributed by atoms with van der Waals surface area (Å²) in [6.07, 6.45) is 3.08. The van der Waals surface area contributed by atoms with Crippen LogP contribution in [0.15, 0.2) is 46.1 Å². The van der Waals surface area contributed by atoms with Crippen LogP contribution < -0.4 is 10.3 Å². The van der Waals surface area contributed by atoms with E-state index in [1.54, 1.807) is 19.2 Å². The molecule has 104 valence electrons. The number of carbonyl (C=O) groups is 1. The molecule has 0 aliphatic carbocycles. The Labute approximate surface area is 117 Å². The number of aryl methyl sites for hydroxylation is 1. The second-order valence-corrected chi connectivity index (χ2v) is 4.58. The van der Waals surface area contributed by atoms with Gasteiger partial charge in [0.05, 0.1) is 18.0 Å². The van der Waals surface area contributed by atoms with Gasteiger partial charge in [0.1, 0.15) is 5.76 Å². The zero-order valence-electron chi connectivity index (χ0n) is 11.8. The third-order valence-corrected chi connectivity index (χ3v) is 2.89. The maximum Gasteiger partial charge on any atom is 0.274 e. The Morgan fingerprint density at radius 3 is 2.50 bits per heavy atom. The van der Waals surface area contributed by atoms with Gasteiger partial charge in [-0.2, -0.15) is 5.10 Å². The number of anilines is 1. The van der Waals surface area contributed by atoms with Crippen LogP contribution in [0.4, 0.5) is 5.69 Å². The molecule has 5 nitrogen and oxygen atoms in total. The predicted molar refractivity (Wildman–Crippen MR) is 79.3 cm³/mol. The van der Waals surface area contributed by atoms with Crippen LogP contribution in [0.2, 0.25) is 0 Å². The molecule has 1 heterocycles. The van der Waals surface area contributed by atoms with E-state index in [0.717, 1.165) is 11.3 Å². The molecular formula is C15H17N3O2. The first kappa shape index (κ1) is 13.9. The summed E-state index contributed by atoms with van der Waals surface area (Å²) in [4.78, 5) is 13.8. The van der Waals surface area contributed by atoms with E-state index in [0.29, 0.717) is 11.3 Å². The van der Waals surface area contributed by atoms with E-state index in [4.69, 9.17) is 4.42 Å². The quantitative estimate of drug-likeness (QED) is 0.686. The second-order valence-electron chi connectivity index (χ2n) is 4.58. The lowest BCUT2D eigenvalue weighted by atomic mass is 10.2. The summed E-state index contributed by atoms with van der Waals surface area (Å²) in [5.74, 6) is 0.297. The molecule has 0 bridgehead atoms. The standard InChI is InChI=1S/C15H17N3O2/c1-11-14(8-9-20-11)15(19)17-16-10-12-4-6-13(7-5-12)18(2)3/h4-10H,1-3H3,(H,17,19)/b16-10-. The molecule has 1 aromatic heterocycles. The number of amides is 1. The minimum Gasteiger partial charge on any atom is -0.469 e. The van der Waals surface area contributed by atoms with Crippen LogP contribution in [-0.2, 0) is 0 Å². The Balaban J connectivity index is 1.96. The fraction of sp³-hybridized carbons (Fsp3) is 0.200. The van der Waals surface area contributed by atoms with Gasteiger partial charge in [-0.3, -0.25) is 4.79 Å². The molecule has 0 atom stereocenters. The van der Waals surface area contributed by atoms with E-state index in [9.17, 15) is 4.79 Å². The van der Waals surface area contributed by atoms with Crippen LogP contribution in [0.1, 0.15) is 21.7 Å². The lowest BCUT2D eigenvalue weighted by Crippen LogP contribution is -2.17. The maximum atomic E-state index is 11.8. The van der Waals surface area contributed by atoms with Gasteiger partial charge in [0.2, 0.25) is 0 Å². The molecule has 1 amide bonds. The van der Waals surface area contributed by atoms with E-state index in [-0.39, 0.29) is 5.91 Å². The number of furan rings is 1. The van der Waals surface area contributed by atoms with Crippen LogP contribution >= 0.6 is 0 Å². The number of hydrazone groups is 1. The van der Waals surface area contributed by atoms with Crippen LogP contribution in [0.3, 0.4) is 0 Å². The van der Waals surface area contributed by atoms with Crippen molar-refractivity contribution < 1.29 is 9.21 Å². The maximum absolute atomic E-state index is 11.8. The number of hydrogen-bond acceptors (Lipinski definition) is 4. The van der Waals surface area contributed by atoms with E-state index >= 15 is 0 Å².